The Balaban J connectivity index is 1.95. The average Bonchev–Trinajstić information content (AvgIpc) is 2.66. The van der Waals surface area contributed by atoms with E-state index in [-0.39, 0.29) is 17.0 Å². The summed E-state index contributed by atoms with van der Waals surface area (Å²) >= 11 is 0. The van der Waals surface area contributed by atoms with E-state index < -0.39 is 12.1 Å². The minimum atomic E-state index is -1.09. The molecule has 3 aromatic rings. The third-order valence-corrected chi connectivity index (χ3v) is 3.95. The summed E-state index contributed by atoms with van der Waals surface area (Å²) in [5.41, 5.74) is 0.799. The molecular formula is C20H18N2O4. The third kappa shape index (κ3) is 3.49. The average molecular weight is 350 g/mol. The van der Waals surface area contributed by atoms with Crippen molar-refractivity contribution >= 4 is 22.8 Å². The van der Waals surface area contributed by atoms with Gasteiger partial charge in [0.25, 0.3) is 5.91 Å². The normalized spacial score (nSPS) is 11.8. The summed E-state index contributed by atoms with van der Waals surface area (Å²) in [5, 5.41) is 0.480. The molecule has 1 N–H and O–H groups in total. The first-order valence-electron chi connectivity index (χ1n) is 8.06. The molecule has 0 saturated heterocycles. The zero-order valence-electron chi connectivity index (χ0n) is 14.4. The van der Waals surface area contributed by atoms with Gasteiger partial charge in [0.15, 0.2) is 5.43 Å². The molecule has 1 amide bonds. The molecule has 0 spiro atoms. The van der Waals surface area contributed by atoms with Gasteiger partial charge >= 0.3 is 5.97 Å². The minimum absolute atomic E-state index is 0.00110. The second-order valence-corrected chi connectivity index (χ2v) is 6.02. The van der Waals surface area contributed by atoms with E-state index in [1.165, 1.54) is 11.0 Å². The van der Waals surface area contributed by atoms with Gasteiger partial charge in [-0.1, -0.05) is 42.5 Å². The number of carbonyl (C=O) groups excluding carboxylic acids is 2. The number of aromatic nitrogens is 1. The topological polar surface area (TPSA) is 79.5 Å². The highest BCUT2D eigenvalue weighted by Gasteiger charge is 2.27. The minimum Gasteiger partial charge on any atom is -0.443 e. The molecule has 1 aromatic heterocycles. The molecule has 26 heavy (non-hydrogen) atoms. The quantitative estimate of drug-likeness (QED) is 0.733. The molecule has 3 rings (SSSR count). The van der Waals surface area contributed by atoms with Crippen molar-refractivity contribution in [1.29, 1.82) is 0 Å². The molecule has 0 unspecified atom stereocenters. The van der Waals surface area contributed by atoms with Crippen LogP contribution in [0.15, 0.2) is 65.5 Å². The van der Waals surface area contributed by atoms with Crippen molar-refractivity contribution < 1.29 is 14.3 Å². The van der Waals surface area contributed by atoms with Crippen molar-refractivity contribution in [3.05, 3.63) is 82.1 Å². The molecule has 132 valence electrons. The second kappa shape index (κ2) is 7.23. The maximum atomic E-state index is 12.6. The lowest BCUT2D eigenvalue weighted by Gasteiger charge is -2.21. The predicted octanol–water partition coefficient (Wildman–Crippen LogP) is 2.51. The van der Waals surface area contributed by atoms with Gasteiger partial charge < -0.3 is 14.6 Å². The Hall–Kier alpha value is -3.41. The lowest BCUT2D eigenvalue weighted by molar-refractivity contribution is -0.138. The van der Waals surface area contributed by atoms with Crippen LogP contribution in [-0.4, -0.2) is 35.9 Å². The Kier molecular flexibility index (Phi) is 4.84. The molecule has 2 aromatic carbocycles. The number of fused-ring (bicyclic) bond motifs is 1. The van der Waals surface area contributed by atoms with Crippen LogP contribution in [0.25, 0.3) is 10.9 Å². The molecule has 0 saturated carbocycles. The van der Waals surface area contributed by atoms with E-state index in [0.717, 1.165) is 0 Å². The zero-order valence-corrected chi connectivity index (χ0v) is 14.4. The fourth-order valence-electron chi connectivity index (χ4n) is 2.60. The highest BCUT2D eigenvalue weighted by Crippen LogP contribution is 2.21. The number of nitrogens with one attached hydrogen (secondary N) is 1. The SMILES string of the molecule is CN(C)C(=O)[C@@H](OC(=O)c1cc(=O)c2ccccc2[nH]1)c1ccccc1. The predicted molar refractivity (Wildman–Crippen MR) is 97.9 cm³/mol. The number of ether oxygens (including phenoxy) is 1. The van der Waals surface area contributed by atoms with Crippen molar-refractivity contribution in [2.24, 2.45) is 0 Å². The molecule has 6 nitrogen and oxygen atoms in total. The third-order valence-electron chi connectivity index (χ3n) is 3.95. The van der Waals surface area contributed by atoms with Crippen LogP contribution in [-0.2, 0) is 9.53 Å². The number of rotatable bonds is 4. The maximum absolute atomic E-state index is 12.6. The van der Waals surface area contributed by atoms with Crippen LogP contribution < -0.4 is 5.43 Å². The Labute approximate surface area is 150 Å². The molecular weight excluding hydrogens is 332 g/mol. The van der Waals surface area contributed by atoms with E-state index in [1.807, 2.05) is 6.07 Å². The van der Waals surface area contributed by atoms with Crippen molar-refractivity contribution in [3.8, 4) is 0 Å². The number of benzene rings is 2. The lowest BCUT2D eigenvalue weighted by atomic mass is 10.1. The number of hydrogen-bond donors (Lipinski definition) is 1. The van der Waals surface area contributed by atoms with Gasteiger partial charge in [-0.2, -0.15) is 0 Å². The second-order valence-electron chi connectivity index (χ2n) is 6.02. The van der Waals surface area contributed by atoms with Crippen molar-refractivity contribution in [1.82, 2.24) is 9.88 Å². The summed E-state index contributed by atoms with van der Waals surface area (Å²) in [6.45, 7) is 0. The highest BCUT2D eigenvalue weighted by molar-refractivity contribution is 5.93. The van der Waals surface area contributed by atoms with Crippen LogP contribution in [0.2, 0.25) is 0 Å². The van der Waals surface area contributed by atoms with Crippen molar-refractivity contribution in [2.45, 2.75) is 6.10 Å². The number of esters is 1. The van der Waals surface area contributed by atoms with Gasteiger partial charge in [-0.25, -0.2) is 4.79 Å². The number of amides is 1. The van der Waals surface area contributed by atoms with Gasteiger partial charge in [-0.05, 0) is 12.1 Å². The van der Waals surface area contributed by atoms with E-state index in [0.29, 0.717) is 16.5 Å². The summed E-state index contributed by atoms with van der Waals surface area (Å²) in [6.07, 6.45) is -1.09. The number of para-hydroxylation sites is 1. The van der Waals surface area contributed by atoms with Gasteiger partial charge in [-0.3, -0.25) is 9.59 Å². The van der Waals surface area contributed by atoms with Crippen LogP contribution in [0.4, 0.5) is 0 Å². The zero-order chi connectivity index (χ0) is 18.7. The monoisotopic (exact) mass is 350 g/mol. The highest BCUT2D eigenvalue weighted by atomic mass is 16.5. The first-order valence-corrected chi connectivity index (χ1v) is 8.06. The van der Waals surface area contributed by atoms with E-state index >= 15 is 0 Å². The molecule has 6 heteroatoms. The van der Waals surface area contributed by atoms with Gasteiger partial charge in [0, 0.05) is 36.6 Å². The number of H-pyrrole nitrogens is 1. The van der Waals surface area contributed by atoms with E-state index in [9.17, 15) is 14.4 Å². The van der Waals surface area contributed by atoms with Crippen LogP contribution in [0.5, 0.6) is 0 Å². The standard InChI is InChI=1S/C20H18N2O4/c1-22(2)19(24)18(13-8-4-3-5-9-13)26-20(25)16-12-17(23)14-10-6-7-11-15(14)21-16/h3-12,18H,1-2H3,(H,21,23)/t18-/m0/s1. The van der Waals surface area contributed by atoms with Gasteiger partial charge in [-0.15, -0.1) is 0 Å². The van der Waals surface area contributed by atoms with Crippen LogP contribution in [0.3, 0.4) is 0 Å². The Morgan fingerprint density at radius 2 is 1.65 bits per heavy atom. The van der Waals surface area contributed by atoms with E-state index in [4.69, 9.17) is 4.74 Å². The van der Waals surface area contributed by atoms with Crippen molar-refractivity contribution in [2.75, 3.05) is 14.1 Å². The molecule has 0 aliphatic rings. The molecule has 0 aliphatic carbocycles. The van der Waals surface area contributed by atoms with Crippen LogP contribution in [0, 0.1) is 0 Å². The molecule has 0 fully saturated rings. The van der Waals surface area contributed by atoms with Crippen LogP contribution >= 0.6 is 0 Å². The summed E-state index contributed by atoms with van der Waals surface area (Å²) < 4.78 is 5.45. The van der Waals surface area contributed by atoms with E-state index in [1.54, 1.807) is 62.6 Å². The summed E-state index contributed by atoms with van der Waals surface area (Å²) in [4.78, 5) is 41.5. The fraction of sp³-hybridized carbons (Fsp3) is 0.150. The van der Waals surface area contributed by atoms with Crippen molar-refractivity contribution in [3.63, 3.8) is 0 Å². The molecule has 0 bridgehead atoms. The number of pyridine rings is 1. The number of likely N-dealkylation sites (N-methyl/N-ethyl adjacent to an activating group) is 1. The smallest absolute Gasteiger partial charge is 0.356 e. The Bertz CT molecular complexity index is 1010. The van der Waals surface area contributed by atoms with Gasteiger partial charge in [0.1, 0.15) is 5.69 Å². The molecule has 0 radical (unpaired) electrons. The summed E-state index contributed by atoms with van der Waals surface area (Å²) in [6, 6.07) is 16.8. The number of aromatic amines is 1. The molecule has 1 heterocycles. The number of carbonyl (C=O) groups is 2. The lowest BCUT2D eigenvalue weighted by Crippen LogP contribution is -2.31. The van der Waals surface area contributed by atoms with Gasteiger partial charge in [0.2, 0.25) is 6.10 Å². The van der Waals surface area contributed by atoms with E-state index in [2.05, 4.69) is 4.98 Å². The Morgan fingerprint density at radius 3 is 2.35 bits per heavy atom. The number of nitrogens with zero attached hydrogens (tertiary/aromatic N) is 1. The largest absolute Gasteiger partial charge is 0.443 e. The Morgan fingerprint density at radius 1 is 1.00 bits per heavy atom. The first-order chi connectivity index (χ1) is 12.5. The van der Waals surface area contributed by atoms with Crippen LogP contribution in [0.1, 0.15) is 22.2 Å². The summed E-state index contributed by atoms with van der Waals surface area (Å²) in [7, 11) is 3.17. The first kappa shape index (κ1) is 17.4. The molecule has 1 atom stereocenters. The molecule has 0 aliphatic heterocycles. The summed E-state index contributed by atoms with van der Waals surface area (Å²) in [5.74, 6) is -1.13. The maximum Gasteiger partial charge on any atom is 0.356 e. The number of hydrogen-bond acceptors (Lipinski definition) is 4. The van der Waals surface area contributed by atoms with Gasteiger partial charge in [0.05, 0.1) is 0 Å². The fourth-order valence-corrected chi connectivity index (χ4v) is 2.60.